The number of amides is 2. The van der Waals surface area contributed by atoms with Gasteiger partial charge in [0.1, 0.15) is 6.33 Å². The Morgan fingerprint density at radius 2 is 2.08 bits per heavy atom. The fraction of sp³-hybridized carbons (Fsp3) is 0.529. The first-order valence-corrected chi connectivity index (χ1v) is 9.02. The maximum Gasteiger partial charge on any atom is 0.319 e. The first kappa shape index (κ1) is 16.9. The molecule has 2 aromatic rings. The summed E-state index contributed by atoms with van der Waals surface area (Å²) in [7, 11) is 0. The molecule has 2 aliphatic rings. The highest BCUT2D eigenvalue weighted by atomic mass is 16.5. The number of carbonyl (C=O) groups is 1. The second kappa shape index (κ2) is 7.79. The van der Waals surface area contributed by atoms with E-state index in [0.29, 0.717) is 18.9 Å². The minimum atomic E-state index is -0.226. The van der Waals surface area contributed by atoms with Crippen molar-refractivity contribution in [3.63, 3.8) is 0 Å². The number of piperidine rings is 1. The maximum atomic E-state index is 12.5. The SMILES string of the molecule is O=C(Nc1cccc(-n2cnnn2)c1)NC1COCC1N1CCCCC1. The summed E-state index contributed by atoms with van der Waals surface area (Å²) in [5.41, 5.74) is 1.46. The molecule has 9 nitrogen and oxygen atoms in total. The Hall–Kier alpha value is -2.52. The number of ether oxygens (including phenoxy) is 1. The van der Waals surface area contributed by atoms with E-state index in [2.05, 4.69) is 31.1 Å². The number of rotatable bonds is 4. The predicted octanol–water partition coefficient (Wildman–Crippen LogP) is 1.04. The molecule has 3 heterocycles. The molecule has 0 bridgehead atoms. The number of tetrazole rings is 1. The average molecular weight is 357 g/mol. The monoisotopic (exact) mass is 357 g/mol. The van der Waals surface area contributed by atoms with Gasteiger partial charge in [0.2, 0.25) is 0 Å². The number of anilines is 1. The van der Waals surface area contributed by atoms with Crippen molar-refractivity contribution in [2.45, 2.75) is 31.3 Å². The van der Waals surface area contributed by atoms with Crippen molar-refractivity contribution in [3.8, 4) is 5.69 Å². The highest BCUT2D eigenvalue weighted by Crippen LogP contribution is 2.19. The van der Waals surface area contributed by atoms with Crippen LogP contribution in [0.2, 0.25) is 0 Å². The molecule has 2 aliphatic heterocycles. The second-order valence-corrected chi connectivity index (χ2v) is 6.71. The molecule has 2 saturated heterocycles. The summed E-state index contributed by atoms with van der Waals surface area (Å²) in [6.07, 6.45) is 5.25. The minimum Gasteiger partial charge on any atom is -0.378 e. The lowest BCUT2D eigenvalue weighted by molar-refractivity contribution is 0.125. The van der Waals surface area contributed by atoms with Crippen molar-refractivity contribution < 1.29 is 9.53 Å². The van der Waals surface area contributed by atoms with Gasteiger partial charge >= 0.3 is 6.03 Å². The third-order valence-electron chi connectivity index (χ3n) is 4.94. The molecule has 0 radical (unpaired) electrons. The number of likely N-dealkylation sites (tertiary alicyclic amines) is 1. The molecular weight excluding hydrogens is 334 g/mol. The molecule has 0 spiro atoms. The zero-order valence-corrected chi connectivity index (χ0v) is 14.5. The van der Waals surface area contributed by atoms with E-state index < -0.39 is 0 Å². The van der Waals surface area contributed by atoms with Gasteiger partial charge in [0.15, 0.2) is 0 Å². The summed E-state index contributed by atoms with van der Waals surface area (Å²) in [4.78, 5) is 14.9. The van der Waals surface area contributed by atoms with E-state index in [1.54, 1.807) is 4.68 Å². The first-order chi connectivity index (χ1) is 12.8. The maximum absolute atomic E-state index is 12.5. The molecule has 2 amide bonds. The molecule has 2 N–H and O–H groups in total. The summed E-state index contributed by atoms with van der Waals surface area (Å²) < 4.78 is 7.17. The number of benzene rings is 1. The molecule has 2 fully saturated rings. The zero-order chi connectivity index (χ0) is 17.8. The molecule has 26 heavy (non-hydrogen) atoms. The Bertz CT molecular complexity index is 730. The van der Waals surface area contributed by atoms with E-state index in [1.807, 2.05) is 24.3 Å². The van der Waals surface area contributed by atoms with Crippen LogP contribution in [0.25, 0.3) is 5.69 Å². The molecule has 2 atom stereocenters. The van der Waals surface area contributed by atoms with Gasteiger partial charge in [-0.2, -0.15) is 0 Å². The van der Waals surface area contributed by atoms with Crippen LogP contribution in [-0.2, 0) is 4.74 Å². The smallest absolute Gasteiger partial charge is 0.319 e. The Balaban J connectivity index is 1.37. The normalized spacial score (nSPS) is 23.7. The number of carbonyl (C=O) groups excluding carboxylic acids is 1. The van der Waals surface area contributed by atoms with Crippen LogP contribution in [-0.4, -0.2) is 69.5 Å². The van der Waals surface area contributed by atoms with Crippen LogP contribution in [0.1, 0.15) is 19.3 Å². The second-order valence-electron chi connectivity index (χ2n) is 6.71. The molecule has 138 valence electrons. The fourth-order valence-electron chi connectivity index (χ4n) is 3.63. The molecule has 1 aromatic heterocycles. The number of hydrogen-bond acceptors (Lipinski definition) is 6. The lowest BCUT2D eigenvalue weighted by atomic mass is 10.1. The van der Waals surface area contributed by atoms with Crippen molar-refractivity contribution >= 4 is 11.7 Å². The van der Waals surface area contributed by atoms with Crippen LogP contribution in [0.4, 0.5) is 10.5 Å². The van der Waals surface area contributed by atoms with Crippen LogP contribution in [0, 0.1) is 0 Å². The quantitative estimate of drug-likeness (QED) is 0.848. The van der Waals surface area contributed by atoms with Gasteiger partial charge in [0.25, 0.3) is 0 Å². The lowest BCUT2D eigenvalue weighted by Crippen LogP contribution is -2.53. The summed E-state index contributed by atoms with van der Waals surface area (Å²) >= 11 is 0. The Kier molecular flexibility index (Phi) is 5.07. The summed E-state index contributed by atoms with van der Waals surface area (Å²) in [6, 6.07) is 7.42. The number of nitrogens with zero attached hydrogens (tertiary/aromatic N) is 5. The van der Waals surface area contributed by atoms with E-state index in [1.165, 1.54) is 25.6 Å². The largest absolute Gasteiger partial charge is 0.378 e. The fourth-order valence-corrected chi connectivity index (χ4v) is 3.63. The standard InChI is InChI=1S/C17H23N7O2/c25-17(19-13-5-4-6-14(9-13)24-12-18-21-22-24)20-15-10-26-11-16(15)23-7-2-1-3-8-23/h4-6,9,12,15-16H,1-3,7-8,10-11H2,(H2,19,20,25). The van der Waals surface area contributed by atoms with E-state index in [4.69, 9.17) is 4.74 Å². The molecular formula is C17H23N7O2. The third-order valence-corrected chi connectivity index (χ3v) is 4.94. The zero-order valence-electron chi connectivity index (χ0n) is 14.5. The highest BCUT2D eigenvalue weighted by Gasteiger charge is 2.34. The summed E-state index contributed by atoms with van der Waals surface area (Å²) in [5, 5.41) is 17.1. The number of hydrogen-bond donors (Lipinski definition) is 2. The third kappa shape index (κ3) is 3.83. The first-order valence-electron chi connectivity index (χ1n) is 9.02. The molecule has 0 aliphatic carbocycles. The van der Waals surface area contributed by atoms with Gasteiger partial charge in [-0.15, -0.1) is 5.10 Å². The van der Waals surface area contributed by atoms with Crippen molar-refractivity contribution in [1.29, 1.82) is 0 Å². The summed E-state index contributed by atoms with van der Waals surface area (Å²) in [5.74, 6) is 0. The van der Waals surface area contributed by atoms with Crippen LogP contribution in [0.3, 0.4) is 0 Å². The van der Waals surface area contributed by atoms with Crippen LogP contribution >= 0.6 is 0 Å². The van der Waals surface area contributed by atoms with Gasteiger partial charge < -0.3 is 15.4 Å². The average Bonchev–Trinajstić information content (AvgIpc) is 3.34. The van der Waals surface area contributed by atoms with Crippen LogP contribution in [0.5, 0.6) is 0 Å². The van der Waals surface area contributed by atoms with Gasteiger partial charge in [-0.3, -0.25) is 4.90 Å². The number of nitrogens with one attached hydrogen (secondary N) is 2. The van der Waals surface area contributed by atoms with Gasteiger partial charge in [-0.1, -0.05) is 12.5 Å². The highest BCUT2D eigenvalue weighted by molar-refractivity contribution is 5.89. The van der Waals surface area contributed by atoms with E-state index in [0.717, 1.165) is 18.8 Å². The number of aromatic nitrogens is 4. The number of urea groups is 1. The van der Waals surface area contributed by atoms with Crippen molar-refractivity contribution in [2.75, 3.05) is 31.6 Å². The van der Waals surface area contributed by atoms with Crippen molar-refractivity contribution in [1.82, 2.24) is 30.4 Å². The van der Waals surface area contributed by atoms with Gasteiger partial charge in [0, 0.05) is 5.69 Å². The van der Waals surface area contributed by atoms with Crippen molar-refractivity contribution in [3.05, 3.63) is 30.6 Å². The molecule has 9 heteroatoms. The Morgan fingerprint density at radius 3 is 2.88 bits per heavy atom. The predicted molar refractivity (Wildman–Crippen MR) is 95.1 cm³/mol. The van der Waals surface area contributed by atoms with E-state index in [-0.39, 0.29) is 18.1 Å². The topological polar surface area (TPSA) is 97.2 Å². The van der Waals surface area contributed by atoms with E-state index >= 15 is 0 Å². The van der Waals surface area contributed by atoms with Crippen LogP contribution in [0.15, 0.2) is 30.6 Å². The van der Waals surface area contributed by atoms with Crippen LogP contribution < -0.4 is 10.6 Å². The summed E-state index contributed by atoms with van der Waals surface area (Å²) in [6.45, 7) is 3.41. The van der Waals surface area contributed by atoms with E-state index in [9.17, 15) is 4.79 Å². The van der Waals surface area contributed by atoms with Gasteiger partial charge in [-0.25, -0.2) is 9.48 Å². The molecule has 1 aromatic carbocycles. The van der Waals surface area contributed by atoms with Gasteiger partial charge in [0.05, 0.1) is 31.0 Å². The molecule has 0 saturated carbocycles. The Morgan fingerprint density at radius 1 is 1.19 bits per heavy atom. The lowest BCUT2D eigenvalue weighted by Gasteiger charge is -2.34. The van der Waals surface area contributed by atoms with Gasteiger partial charge in [-0.05, 0) is 54.6 Å². The molecule has 2 unspecified atom stereocenters. The molecule has 4 rings (SSSR count). The Labute approximate surface area is 151 Å². The minimum absolute atomic E-state index is 0.01000. The van der Waals surface area contributed by atoms with Crippen molar-refractivity contribution in [2.24, 2.45) is 0 Å².